The summed E-state index contributed by atoms with van der Waals surface area (Å²) in [6, 6.07) is 10.7. The second-order valence-corrected chi connectivity index (χ2v) is 8.44. The number of urea groups is 1. The van der Waals surface area contributed by atoms with Gasteiger partial charge in [-0.1, -0.05) is 18.2 Å². The van der Waals surface area contributed by atoms with Crippen molar-refractivity contribution < 1.29 is 17.6 Å². The van der Waals surface area contributed by atoms with Gasteiger partial charge in [0.1, 0.15) is 5.82 Å². The van der Waals surface area contributed by atoms with E-state index in [1.165, 1.54) is 25.2 Å². The van der Waals surface area contributed by atoms with Crippen molar-refractivity contribution in [3.05, 3.63) is 65.0 Å². The molecule has 9 heteroatoms. The number of carbonyl (C=O) groups is 1. The number of benzene rings is 2. The van der Waals surface area contributed by atoms with Crippen molar-refractivity contribution in [2.24, 2.45) is 0 Å². The van der Waals surface area contributed by atoms with E-state index in [1.807, 2.05) is 19.0 Å². The number of carbonyl (C=O) groups excluding carboxylic acids is 1. The smallest absolute Gasteiger partial charge is 0.315 e. The van der Waals surface area contributed by atoms with Crippen LogP contribution in [0.4, 0.5) is 9.18 Å². The lowest BCUT2D eigenvalue weighted by Gasteiger charge is -2.13. The van der Waals surface area contributed by atoms with Gasteiger partial charge in [-0.15, -0.1) is 0 Å². The molecule has 0 fully saturated rings. The highest BCUT2D eigenvalue weighted by atomic mass is 32.2. The first-order valence-electron chi connectivity index (χ1n) is 8.67. The summed E-state index contributed by atoms with van der Waals surface area (Å²) in [6.07, 6.45) is 0. The third-order valence-corrected chi connectivity index (χ3v) is 5.39. The fourth-order valence-electron chi connectivity index (χ4n) is 2.57. The maximum Gasteiger partial charge on any atom is 0.315 e. The lowest BCUT2D eigenvalue weighted by Crippen LogP contribution is -2.34. The number of rotatable bonds is 8. The monoisotopic (exact) mass is 408 g/mol. The molecule has 2 rings (SSSR count). The molecule has 0 aliphatic heterocycles. The summed E-state index contributed by atoms with van der Waals surface area (Å²) < 4.78 is 39.7. The third-order valence-electron chi connectivity index (χ3n) is 3.98. The van der Waals surface area contributed by atoms with Crippen LogP contribution in [-0.2, 0) is 29.7 Å². The number of sulfonamides is 1. The standard InChI is InChI=1S/C19H25FN4O3S/c1-21-28(26,27)17-6-4-5-14(10-17)11-22-19(25)23-12-15-7-8-18(20)16(9-15)13-24(2)3/h4-10,21H,11-13H2,1-3H3,(H2,22,23,25). The quantitative estimate of drug-likeness (QED) is 0.621. The molecule has 2 aromatic carbocycles. The molecule has 2 amide bonds. The van der Waals surface area contributed by atoms with E-state index in [4.69, 9.17) is 0 Å². The number of hydrogen-bond donors (Lipinski definition) is 3. The van der Waals surface area contributed by atoms with E-state index < -0.39 is 16.1 Å². The van der Waals surface area contributed by atoms with Crippen molar-refractivity contribution in [3.8, 4) is 0 Å². The van der Waals surface area contributed by atoms with Crippen molar-refractivity contribution in [2.75, 3.05) is 21.1 Å². The molecule has 0 aliphatic rings. The van der Waals surface area contributed by atoms with Crippen LogP contribution in [-0.4, -0.2) is 40.5 Å². The van der Waals surface area contributed by atoms with Gasteiger partial charge in [0.05, 0.1) is 4.90 Å². The molecule has 0 radical (unpaired) electrons. The van der Waals surface area contributed by atoms with Crippen molar-refractivity contribution in [1.29, 1.82) is 0 Å². The first-order chi connectivity index (χ1) is 13.2. The Morgan fingerprint density at radius 1 is 1.04 bits per heavy atom. The van der Waals surface area contributed by atoms with Gasteiger partial charge in [-0.05, 0) is 56.5 Å². The van der Waals surface area contributed by atoms with Crippen LogP contribution >= 0.6 is 0 Å². The number of halogens is 1. The molecule has 28 heavy (non-hydrogen) atoms. The predicted octanol–water partition coefficient (Wildman–Crippen LogP) is 1.79. The Morgan fingerprint density at radius 3 is 2.29 bits per heavy atom. The zero-order valence-corrected chi connectivity index (χ0v) is 16.9. The Labute approximate surface area is 165 Å². The Balaban J connectivity index is 1.91. The van der Waals surface area contributed by atoms with Crippen LogP contribution in [0.25, 0.3) is 0 Å². The molecule has 0 atom stereocenters. The normalized spacial score (nSPS) is 11.5. The van der Waals surface area contributed by atoms with Crippen molar-refractivity contribution in [1.82, 2.24) is 20.3 Å². The molecule has 0 heterocycles. The fraction of sp³-hybridized carbons (Fsp3) is 0.316. The Bertz CT molecular complexity index is 933. The van der Waals surface area contributed by atoms with Crippen LogP contribution in [0.2, 0.25) is 0 Å². The van der Waals surface area contributed by atoms with Gasteiger partial charge in [0.2, 0.25) is 10.0 Å². The first kappa shape index (κ1) is 21.8. The minimum atomic E-state index is -3.53. The second-order valence-electron chi connectivity index (χ2n) is 6.55. The molecule has 152 valence electrons. The second kappa shape index (κ2) is 9.63. The highest BCUT2D eigenvalue weighted by Gasteiger charge is 2.12. The van der Waals surface area contributed by atoms with Crippen LogP contribution < -0.4 is 15.4 Å². The average Bonchev–Trinajstić information content (AvgIpc) is 2.66. The topological polar surface area (TPSA) is 90.5 Å². The molecule has 3 N–H and O–H groups in total. The summed E-state index contributed by atoms with van der Waals surface area (Å²) in [5, 5.41) is 5.39. The highest BCUT2D eigenvalue weighted by molar-refractivity contribution is 7.89. The first-order valence-corrected chi connectivity index (χ1v) is 10.2. The van der Waals surface area contributed by atoms with Gasteiger partial charge in [-0.3, -0.25) is 0 Å². The lowest BCUT2D eigenvalue weighted by molar-refractivity contribution is 0.240. The highest BCUT2D eigenvalue weighted by Crippen LogP contribution is 2.13. The number of hydrogen-bond acceptors (Lipinski definition) is 4. The van der Waals surface area contributed by atoms with Gasteiger partial charge in [-0.2, -0.15) is 0 Å². The van der Waals surface area contributed by atoms with Gasteiger partial charge in [0.25, 0.3) is 0 Å². The number of nitrogens with one attached hydrogen (secondary N) is 3. The van der Waals surface area contributed by atoms with Crippen LogP contribution in [0.1, 0.15) is 16.7 Å². The number of amides is 2. The van der Waals surface area contributed by atoms with Crippen LogP contribution in [0.5, 0.6) is 0 Å². The largest absolute Gasteiger partial charge is 0.334 e. The summed E-state index contributed by atoms with van der Waals surface area (Å²) in [4.78, 5) is 14.0. The molecular weight excluding hydrogens is 383 g/mol. The molecule has 2 aromatic rings. The minimum Gasteiger partial charge on any atom is -0.334 e. The molecule has 0 spiro atoms. The summed E-state index contributed by atoms with van der Waals surface area (Å²) in [7, 11) is 1.52. The van der Waals surface area contributed by atoms with Crippen molar-refractivity contribution in [3.63, 3.8) is 0 Å². The molecule has 0 saturated carbocycles. The molecule has 0 saturated heterocycles. The molecule has 7 nitrogen and oxygen atoms in total. The fourth-order valence-corrected chi connectivity index (χ4v) is 3.37. The van der Waals surface area contributed by atoms with Crippen molar-refractivity contribution in [2.45, 2.75) is 24.5 Å². The van der Waals surface area contributed by atoms with E-state index in [0.717, 1.165) is 5.56 Å². The predicted molar refractivity (Wildman–Crippen MR) is 106 cm³/mol. The Morgan fingerprint density at radius 2 is 1.68 bits per heavy atom. The van der Waals surface area contributed by atoms with E-state index in [1.54, 1.807) is 24.3 Å². The SMILES string of the molecule is CNS(=O)(=O)c1cccc(CNC(=O)NCc2ccc(F)c(CN(C)C)c2)c1. The summed E-state index contributed by atoms with van der Waals surface area (Å²) in [5.74, 6) is -0.279. The number of nitrogens with zero attached hydrogens (tertiary/aromatic N) is 1. The summed E-state index contributed by atoms with van der Waals surface area (Å²) in [5.41, 5.74) is 2.00. The lowest BCUT2D eigenvalue weighted by atomic mass is 10.1. The third kappa shape index (κ3) is 6.29. The van der Waals surface area contributed by atoms with Gasteiger partial charge in [0.15, 0.2) is 0 Å². The Hall–Kier alpha value is -2.49. The van der Waals surface area contributed by atoms with Gasteiger partial charge in [-0.25, -0.2) is 22.3 Å². The van der Waals surface area contributed by atoms with E-state index in [0.29, 0.717) is 17.7 Å². The summed E-state index contributed by atoms with van der Waals surface area (Å²) in [6.45, 7) is 0.895. The minimum absolute atomic E-state index is 0.134. The van der Waals surface area contributed by atoms with Gasteiger partial charge >= 0.3 is 6.03 Å². The van der Waals surface area contributed by atoms with Gasteiger partial charge < -0.3 is 15.5 Å². The molecule has 0 aliphatic carbocycles. The van der Waals surface area contributed by atoms with E-state index >= 15 is 0 Å². The average molecular weight is 408 g/mol. The molecule has 0 bridgehead atoms. The molecule has 0 aromatic heterocycles. The summed E-state index contributed by atoms with van der Waals surface area (Å²) >= 11 is 0. The molecule has 0 unspecified atom stereocenters. The van der Waals surface area contributed by atoms with E-state index in [9.17, 15) is 17.6 Å². The zero-order valence-electron chi connectivity index (χ0n) is 16.1. The van der Waals surface area contributed by atoms with E-state index in [-0.39, 0.29) is 23.8 Å². The van der Waals surface area contributed by atoms with Crippen LogP contribution in [0, 0.1) is 5.82 Å². The Kier molecular flexibility index (Phi) is 7.50. The zero-order chi connectivity index (χ0) is 20.7. The van der Waals surface area contributed by atoms with E-state index in [2.05, 4.69) is 15.4 Å². The van der Waals surface area contributed by atoms with Crippen LogP contribution in [0.3, 0.4) is 0 Å². The maximum absolute atomic E-state index is 13.8. The molecular formula is C19H25FN4O3S. The van der Waals surface area contributed by atoms with Crippen molar-refractivity contribution >= 4 is 16.1 Å². The van der Waals surface area contributed by atoms with Crippen LogP contribution in [0.15, 0.2) is 47.4 Å². The van der Waals surface area contributed by atoms with Gasteiger partial charge in [0, 0.05) is 25.2 Å². The maximum atomic E-state index is 13.8.